The quantitative estimate of drug-likeness (QED) is 0.863. The van der Waals surface area contributed by atoms with Crippen molar-refractivity contribution >= 4 is 11.6 Å². The first-order chi connectivity index (χ1) is 7.70. The summed E-state index contributed by atoms with van der Waals surface area (Å²) in [6, 6.07) is 6.01. The Labute approximate surface area is 101 Å². The van der Waals surface area contributed by atoms with Crippen molar-refractivity contribution in [2.45, 2.75) is 19.1 Å². The Bertz CT molecular complexity index is 362. The summed E-state index contributed by atoms with van der Waals surface area (Å²) in [7, 11) is 1.66. The molecule has 0 aliphatic carbocycles. The second-order valence-corrected chi connectivity index (χ2v) is 4.45. The molecule has 0 spiro atoms. The highest BCUT2D eigenvalue weighted by atomic mass is 35.5. The number of morpholine rings is 1. The Balaban J connectivity index is 2.21. The van der Waals surface area contributed by atoms with Gasteiger partial charge in [-0.1, -0.05) is 11.6 Å². The van der Waals surface area contributed by atoms with Crippen LogP contribution in [0.3, 0.4) is 0 Å². The van der Waals surface area contributed by atoms with E-state index in [0.29, 0.717) is 17.7 Å². The topological polar surface area (TPSA) is 30.5 Å². The number of halogens is 1. The number of hydrogen-bond donors (Lipinski definition) is 1. The van der Waals surface area contributed by atoms with Gasteiger partial charge in [0.25, 0.3) is 0 Å². The molecule has 0 saturated carbocycles. The van der Waals surface area contributed by atoms with Crippen LogP contribution in [-0.2, 0) is 4.74 Å². The van der Waals surface area contributed by atoms with Crippen molar-refractivity contribution < 1.29 is 9.47 Å². The molecule has 2 atom stereocenters. The lowest BCUT2D eigenvalue weighted by Crippen LogP contribution is -2.40. The monoisotopic (exact) mass is 241 g/mol. The van der Waals surface area contributed by atoms with Gasteiger partial charge in [0, 0.05) is 23.2 Å². The molecular formula is C12H16ClNO2. The summed E-state index contributed by atoms with van der Waals surface area (Å²) in [6.07, 6.45) is 0.0184. The van der Waals surface area contributed by atoms with E-state index in [2.05, 4.69) is 12.2 Å². The first kappa shape index (κ1) is 11.7. The van der Waals surface area contributed by atoms with Gasteiger partial charge >= 0.3 is 0 Å². The number of rotatable bonds is 2. The van der Waals surface area contributed by atoms with E-state index in [0.717, 1.165) is 17.9 Å². The third-order valence-electron chi connectivity index (χ3n) is 2.74. The number of nitrogens with one attached hydrogen (secondary N) is 1. The lowest BCUT2D eigenvalue weighted by molar-refractivity contribution is 0.00573. The molecule has 1 aromatic carbocycles. The van der Waals surface area contributed by atoms with Gasteiger partial charge < -0.3 is 14.8 Å². The minimum absolute atomic E-state index is 0.0184. The predicted molar refractivity (Wildman–Crippen MR) is 64.2 cm³/mol. The van der Waals surface area contributed by atoms with Gasteiger partial charge in [0.05, 0.1) is 19.8 Å². The standard InChI is InChI=1S/C12H16ClNO2/c1-8-7-16-12(6-14-8)10-5-9(13)3-4-11(10)15-2/h3-5,8,12,14H,6-7H2,1-2H3. The summed E-state index contributed by atoms with van der Waals surface area (Å²) in [4.78, 5) is 0. The molecule has 1 aliphatic heterocycles. The lowest BCUT2D eigenvalue weighted by atomic mass is 10.1. The summed E-state index contributed by atoms with van der Waals surface area (Å²) in [6.45, 7) is 3.60. The van der Waals surface area contributed by atoms with Crippen LogP contribution in [0.15, 0.2) is 18.2 Å². The van der Waals surface area contributed by atoms with Gasteiger partial charge in [-0.3, -0.25) is 0 Å². The van der Waals surface area contributed by atoms with Crippen molar-refractivity contribution in [3.05, 3.63) is 28.8 Å². The highest BCUT2D eigenvalue weighted by Gasteiger charge is 2.22. The van der Waals surface area contributed by atoms with Crippen LogP contribution < -0.4 is 10.1 Å². The average Bonchev–Trinajstić information content (AvgIpc) is 2.30. The maximum atomic E-state index is 5.99. The Morgan fingerprint density at radius 2 is 2.31 bits per heavy atom. The number of methoxy groups -OCH3 is 1. The van der Waals surface area contributed by atoms with E-state index < -0.39 is 0 Å². The zero-order chi connectivity index (χ0) is 11.5. The summed E-state index contributed by atoms with van der Waals surface area (Å²) in [5, 5.41) is 4.08. The molecule has 1 heterocycles. The normalized spacial score (nSPS) is 25.4. The highest BCUT2D eigenvalue weighted by molar-refractivity contribution is 6.30. The maximum Gasteiger partial charge on any atom is 0.124 e. The zero-order valence-corrected chi connectivity index (χ0v) is 10.3. The molecule has 3 nitrogen and oxygen atoms in total. The number of ether oxygens (including phenoxy) is 2. The second-order valence-electron chi connectivity index (χ2n) is 4.02. The van der Waals surface area contributed by atoms with E-state index in [4.69, 9.17) is 21.1 Å². The Morgan fingerprint density at radius 1 is 1.50 bits per heavy atom. The van der Waals surface area contributed by atoms with Gasteiger partial charge in [-0.2, -0.15) is 0 Å². The molecule has 2 rings (SSSR count). The molecule has 1 aliphatic rings. The van der Waals surface area contributed by atoms with Crippen LogP contribution in [0.1, 0.15) is 18.6 Å². The molecule has 1 saturated heterocycles. The minimum Gasteiger partial charge on any atom is -0.496 e. The number of benzene rings is 1. The summed E-state index contributed by atoms with van der Waals surface area (Å²) >= 11 is 5.99. The Kier molecular flexibility index (Phi) is 3.69. The van der Waals surface area contributed by atoms with Crippen molar-refractivity contribution in [3.8, 4) is 5.75 Å². The Hall–Kier alpha value is -0.770. The molecular weight excluding hydrogens is 226 g/mol. The molecule has 1 aromatic rings. The van der Waals surface area contributed by atoms with Crippen LogP contribution in [0.5, 0.6) is 5.75 Å². The van der Waals surface area contributed by atoms with Gasteiger partial charge in [0.1, 0.15) is 5.75 Å². The Morgan fingerprint density at radius 3 is 2.94 bits per heavy atom. The van der Waals surface area contributed by atoms with Crippen LogP contribution in [0.25, 0.3) is 0 Å². The van der Waals surface area contributed by atoms with Gasteiger partial charge in [0.15, 0.2) is 0 Å². The molecule has 0 radical (unpaired) electrons. The molecule has 1 fully saturated rings. The predicted octanol–water partition coefficient (Wildman–Crippen LogP) is 2.40. The van der Waals surface area contributed by atoms with Gasteiger partial charge in [-0.25, -0.2) is 0 Å². The largest absolute Gasteiger partial charge is 0.496 e. The maximum absolute atomic E-state index is 5.99. The zero-order valence-electron chi connectivity index (χ0n) is 9.50. The third-order valence-corrected chi connectivity index (χ3v) is 2.97. The molecule has 0 bridgehead atoms. The van der Waals surface area contributed by atoms with Crippen molar-refractivity contribution in [2.75, 3.05) is 20.3 Å². The fourth-order valence-corrected chi connectivity index (χ4v) is 2.02. The molecule has 4 heteroatoms. The van der Waals surface area contributed by atoms with E-state index >= 15 is 0 Å². The molecule has 2 unspecified atom stereocenters. The smallest absolute Gasteiger partial charge is 0.124 e. The van der Waals surface area contributed by atoms with Crippen molar-refractivity contribution in [1.29, 1.82) is 0 Å². The highest BCUT2D eigenvalue weighted by Crippen LogP contribution is 2.31. The van der Waals surface area contributed by atoms with E-state index in [9.17, 15) is 0 Å². The van der Waals surface area contributed by atoms with E-state index in [1.165, 1.54) is 0 Å². The molecule has 0 amide bonds. The molecule has 88 valence electrons. The molecule has 0 aromatic heterocycles. The van der Waals surface area contributed by atoms with Crippen molar-refractivity contribution in [2.24, 2.45) is 0 Å². The minimum atomic E-state index is 0.0184. The van der Waals surface area contributed by atoms with Crippen LogP contribution in [-0.4, -0.2) is 26.3 Å². The summed E-state index contributed by atoms with van der Waals surface area (Å²) in [5.74, 6) is 0.825. The summed E-state index contributed by atoms with van der Waals surface area (Å²) < 4.78 is 11.1. The molecule has 1 N–H and O–H groups in total. The van der Waals surface area contributed by atoms with E-state index in [1.807, 2.05) is 18.2 Å². The lowest BCUT2D eigenvalue weighted by Gasteiger charge is -2.29. The fraction of sp³-hybridized carbons (Fsp3) is 0.500. The third kappa shape index (κ3) is 2.48. The van der Waals surface area contributed by atoms with Crippen molar-refractivity contribution in [3.63, 3.8) is 0 Å². The number of hydrogen-bond acceptors (Lipinski definition) is 3. The first-order valence-electron chi connectivity index (χ1n) is 5.39. The van der Waals surface area contributed by atoms with Crippen LogP contribution >= 0.6 is 11.6 Å². The van der Waals surface area contributed by atoms with Gasteiger partial charge in [0.2, 0.25) is 0 Å². The van der Waals surface area contributed by atoms with Crippen LogP contribution in [0.4, 0.5) is 0 Å². The van der Waals surface area contributed by atoms with Crippen molar-refractivity contribution in [1.82, 2.24) is 5.32 Å². The fourth-order valence-electron chi connectivity index (χ4n) is 1.84. The van der Waals surface area contributed by atoms with Crippen LogP contribution in [0.2, 0.25) is 5.02 Å². The van der Waals surface area contributed by atoms with E-state index in [1.54, 1.807) is 7.11 Å². The average molecular weight is 242 g/mol. The van der Waals surface area contributed by atoms with Crippen LogP contribution in [0, 0.1) is 0 Å². The first-order valence-corrected chi connectivity index (χ1v) is 5.77. The molecule has 16 heavy (non-hydrogen) atoms. The second kappa shape index (κ2) is 5.04. The van der Waals surface area contributed by atoms with Gasteiger partial charge in [-0.15, -0.1) is 0 Å². The SMILES string of the molecule is COc1ccc(Cl)cc1C1CNC(C)CO1. The summed E-state index contributed by atoms with van der Waals surface area (Å²) in [5.41, 5.74) is 1.01. The van der Waals surface area contributed by atoms with E-state index in [-0.39, 0.29) is 6.10 Å². The van der Waals surface area contributed by atoms with Gasteiger partial charge in [-0.05, 0) is 25.1 Å².